The predicted molar refractivity (Wildman–Crippen MR) is 137 cm³/mol. The van der Waals surface area contributed by atoms with Crippen LogP contribution in [0.15, 0.2) is 46.9 Å². The number of halogens is 3. The Bertz CT molecular complexity index is 1150. The lowest BCUT2D eigenvalue weighted by Gasteiger charge is -2.38. The predicted octanol–water partition coefficient (Wildman–Crippen LogP) is 5.58. The second kappa shape index (κ2) is 10.7. The Morgan fingerprint density at radius 2 is 1.89 bits per heavy atom. The van der Waals surface area contributed by atoms with Crippen molar-refractivity contribution in [1.82, 2.24) is 15.2 Å². The van der Waals surface area contributed by atoms with Crippen LogP contribution < -0.4 is 10.2 Å². The van der Waals surface area contributed by atoms with Gasteiger partial charge in [-0.1, -0.05) is 41.4 Å². The minimum Gasteiger partial charge on any atom is -0.432 e. The minimum absolute atomic E-state index is 0.0151. The maximum Gasteiger partial charge on any atom is 0.307 e. The summed E-state index contributed by atoms with van der Waals surface area (Å²) in [6, 6.07) is 12.4. The van der Waals surface area contributed by atoms with Gasteiger partial charge in [-0.3, -0.25) is 9.69 Å². The fourth-order valence-electron chi connectivity index (χ4n) is 5.14. The maximum absolute atomic E-state index is 14.9. The molecule has 3 atom stereocenters. The number of alkyl halides is 1. The number of carbonyl (C=O) groups excluding carboxylic acids is 1. The molecule has 0 radical (unpaired) electrons. The van der Waals surface area contributed by atoms with Gasteiger partial charge in [0.05, 0.1) is 21.8 Å². The summed E-state index contributed by atoms with van der Waals surface area (Å²) in [6.45, 7) is 4.62. The van der Waals surface area contributed by atoms with Gasteiger partial charge in [-0.2, -0.15) is 0 Å². The average molecular weight is 519 g/mol. The van der Waals surface area contributed by atoms with E-state index in [2.05, 4.69) is 20.1 Å². The fourth-order valence-corrected chi connectivity index (χ4v) is 5.55. The molecule has 5 rings (SSSR count). The molecule has 2 fully saturated rings. The van der Waals surface area contributed by atoms with Crippen LogP contribution in [0.5, 0.6) is 0 Å². The van der Waals surface area contributed by atoms with Crippen LogP contribution in [0.3, 0.4) is 0 Å². The van der Waals surface area contributed by atoms with Crippen LogP contribution in [0.1, 0.15) is 36.4 Å². The monoisotopic (exact) mass is 518 g/mol. The van der Waals surface area contributed by atoms with Gasteiger partial charge in [-0.05, 0) is 62.4 Å². The van der Waals surface area contributed by atoms with E-state index in [-0.39, 0.29) is 5.89 Å². The summed E-state index contributed by atoms with van der Waals surface area (Å²) in [5.41, 5.74) is 2.15. The molecule has 1 aliphatic carbocycles. The molecule has 2 aliphatic rings. The number of para-hydroxylation sites is 2. The van der Waals surface area contributed by atoms with E-state index >= 15 is 0 Å². The highest BCUT2D eigenvalue weighted by molar-refractivity contribution is 6.43. The first kappa shape index (κ1) is 24.3. The van der Waals surface area contributed by atoms with Crippen molar-refractivity contribution in [1.29, 1.82) is 0 Å². The number of benzene rings is 2. The van der Waals surface area contributed by atoms with Crippen molar-refractivity contribution >= 4 is 45.9 Å². The number of amides is 1. The highest BCUT2D eigenvalue weighted by Gasteiger charge is 2.33. The smallest absolute Gasteiger partial charge is 0.307 e. The number of nitrogens with zero attached hydrogens (tertiary/aromatic N) is 3. The van der Waals surface area contributed by atoms with E-state index in [1.807, 2.05) is 24.3 Å². The zero-order valence-electron chi connectivity index (χ0n) is 19.4. The molecule has 9 heteroatoms. The largest absolute Gasteiger partial charge is 0.432 e. The van der Waals surface area contributed by atoms with Crippen molar-refractivity contribution < 1.29 is 13.6 Å². The van der Waals surface area contributed by atoms with E-state index in [4.69, 9.17) is 27.6 Å². The van der Waals surface area contributed by atoms with Gasteiger partial charge in [0.2, 0.25) is 0 Å². The molecular formula is C26H29Cl2FN4O2. The van der Waals surface area contributed by atoms with Crippen LogP contribution in [0, 0.1) is 5.92 Å². The number of aromatic nitrogens is 1. The number of fused-ring (bicyclic) bond motifs is 1. The van der Waals surface area contributed by atoms with E-state index in [0.29, 0.717) is 39.9 Å². The normalized spacial score (nSPS) is 23.5. The Labute approximate surface area is 214 Å². The van der Waals surface area contributed by atoms with Crippen LogP contribution in [0.4, 0.5) is 10.1 Å². The fraction of sp³-hybridized carbons (Fsp3) is 0.462. The van der Waals surface area contributed by atoms with Crippen LogP contribution >= 0.6 is 23.2 Å². The van der Waals surface area contributed by atoms with Crippen molar-refractivity contribution in [2.24, 2.45) is 5.92 Å². The number of anilines is 1. The second-order valence-electron chi connectivity index (χ2n) is 9.45. The molecule has 1 saturated heterocycles. The van der Waals surface area contributed by atoms with Crippen molar-refractivity contribution in [2.45, 2.75) is 37.9 Å². The minimum atomic E-state index is -1.07. The summed E-state index contributed by atoms with van der Waals surface area (Å²) < 4.78 is 20.5. The number of carbonyl (C=O) groups is 1. The first-order valence-corrected chi connectivity index (χ1v) is 13.0. The van der Waals surface area contributed by atoms with Gasteiger partial charge in [0, 0.05) is 26.2 Å². The van der Waals surface area contributed by atoms with Crippen molar-refractivity contribution in [2.75, 3.05) is 37.6 Å². The number of hydrogen-bond donors (Lipinski definition) is 1. The molecule has 3 unspecified atom stereocenters. The van der Waals surface area contributed by atoms with E-state index < -0.39 is 18.1 Å². The van der Waals surface area contributed by atoms with Crippen LogP contribution in [0.25, 0.3) is 11.1 Å². The van der Waals surface area contributed by atoms with Gasteiger partial charge >= 0.3 is 5.91 Å². The zero-order valence-corrected chi connectivity index (χ0v) is 20.9. The molecule has 1 aliphatic heterocycles. The van der Waals surface area contributed by atoms with Gasteiger partial charge in [0.25, 0.3) is 5.89 Å². The van der Waals surface area contributed by atoms with Crippen LogP contribution in [-0.2, 0) is 0 Å². The molecule has 2 aromatic carbocycles. The van der Waals surface area contributed by atoms with Gasteiger partial charge in [-0.15, -0.1) is 0 Å². The molecule has 6 nitrogen and oxygen atoms in total. The van der Waals surface area contributed by atoms with Crippen molar-refractivity contribution in [3.05, 3.63) is 58.4 Å². The third-order valence-corrected chi connectivity index (χ3v) is 7.99. The topological polar surface area (TPSA) is 61.6 Å². The number of rotatable bonds is 6. The molecule has 0 spiro atoms. The molecule has 1 amide bonds. The molecule has 2 heterocycles. The second-order valence-corrected chi connectivity index (χ2v) is 10.2. The lowest BCUT2D eigenvalue weighted by atomic mass is 9.82. The lowest BCUT2D eigenvalue weighted by molar-refractivity contribution is 0.0810. The molecule has 1 aromatic heterocycles. The number of hydrogen-bond acceptors (Lipinski definition) is 5. The summed E-state index contributed by atoms with van der Waals surface area (Å²) in [7, 11) is 0. The van der Waals surface area contributed by atoms with Crippen molar-refractivity contribution in [3.8, 4) is 0 Å². The Hall–Kier alpha value is -2.35. The maximum atomic E-state index is 14.9. The SMILES string of the molecule is O=C(NC1CCC(CCN2CCN(c3cccc(Cl)c3Cl)CC2)CC1F)c1nc2ccccc2o1. The summed E-state index contributed by atoms with van der Waals surface area (Å²) in [4.78, 5) is 21.5. The molecule has 3 aromatic rings. The van der Waals surface area contributed by atoms with E-state index in [0.717, 1.165) is 51.3 Å². The number of piperazine rings is 1. The van der Waals surface area contributed by atoms with E-state index in [1.54, 1.807) is 18.2 Å². The molecule has 186 valence electrons. The quantitative estimate of drug-likeness (QED) is 0.461. The number of nitrogens with one attached hydrogen (secondary N) is 1. The third-order valence-electron chi connectivity index (χ3n) is 7.18. The third kappa shape index (κ3) is 5.57. The molecular weight excluding hydrogens is 490 g/mol. The van der Waals surface area contributed by atoms with Gasteiger partial charge in [0.15, 0.2) is 5.58 Å². The Morgan fingerprint density at radius 3 is 2.66 bits per heavy atom. The standard InChI is InChI=1S/C26H29Cl2FN4O2/c27-18-4-3-6-22(24(18)28)33-14-12-32(13-15-33)11-10-17-8-9-20(19(29)16-17)30-25(34)26-31-21-5-1-2-7-23(21)35-26/h1-7,17,19-20H,8-16H2,(H,30,34). The summed E-state index contributed by atoms with van der Waals surface area (Å²) in [5, 5.41) is 3.98. The zero-order chi connectivity index (χ0) is 24.4. The van der Waals surface area contributed by atoms with Crippen LogP contribution in [0.2, 0.25) is 10.0 Å². The summed E-state index contributed by atoms with van der Waals surface area (Å²) in [6.07, 6.45) is 1.89. The highest BCUT2D eigenvalue weighted by atomic mass is 35.5. The molecule has 1 saturated carbocycles. The molecule has 1 N–H and O–H groups in total. The van der Waals surface area contributed by atoms with Crippen LogP contribution in [-0.4, -0.2) is 60.7 Å². The highest BCUT2D eigenvalue weighted by Crippen LogP contribution is 2.33. The van der Waals surface area contributed by atoms with Gasteiger partial charge < -0.3 is 14.6 Å². The molecule has 35 heavy (non-hydrogen) atoms. The molecule has 0 bridgehead atoms. The van der Waals surface area contributed by atoms with E-state index in [9.17, 15) is 9.18 Å². The first-order chi connectivity index (χ1) is 17.0. The Balaban J connectivity index is 1.06. The van der Waals surface area contributed by atoms with Crippen molar-refractivity contribution in [3.63, 3.8) is 0 Å². The van der Waals surface area contributed by atoms with E-state index in [1.165, 1.54) is 0 Å². The number of oxazole rings is 1. The lowest BCUT2D eigenvalue weighted by Crippen LogP contribution is -2.48. The van der Waals surface area contributed by atoms with Gasteiger partial charge in [0.1, 0.15) is 11.7 Å². The first-order valence-electron chi connectivity index (χ1n) is 12.2. The Morgan fingerprint density at radius 1 is 1.09 bits per heavy atom. The Kier molecular flexibility index (Phi) is 7.46. The average Bonchev–Trinajstić information content (AvgIpc) is 3.31. The summed E-state index contributed by atoms with van der Waals surface area (Å²) in [5.74, 6) is -0.147. The van der Waals surface area contributed by atoms with Gasteiger partial charge in [-0.25, -0.2) is 9.37 Å². The summed E-state index contributed by atoms with van der Waals surface area (Å²) >= 11 is 12.5.